The second-order valence-electron chi connectivity index (χ2n) is 8.74. The molecule has 1 fully saturated rings. The maximum Gasteiger partial charge on any atom is 0.325 e. The van der Waals surface area contributed by atoms with Gasteiger partial charge in [0.05, 0.1) is 20.3 Å². The lowest BCUT2D eigenvalue weighted by molar-refractivity contribution is -0.135. The van der Waals surface area contributed by atoms with Crippen molar-refractivity contribution < 1.29 is 23.9 Å². The average Bonchev–Trinajstić information content (AvgIpc) is 3.12. The minimum atomic E-state index is -1.35. The summed E-state index contributed by atoms with van der Waals surface area (Å²) in [6.07, 6.45) is 0.570. The number of benzene rings is 3. The smallest absolute Gasteiger partial charge is 0.325 e. The molecular formula is C28H29N3O5. The van der Waals surface area contributed by atoms with E-state index in [0.29, 0.717) is 23.5 Å². The number of imide groups is 1. The molecule has 0 aromatic heterocycles. The van der Waals surface area contributed by atoms with E-state index >= 15 is 0 Å². The number of carbonyl (C=O) groups is 3. The van der Waals surface area contributed by atoms with Gasteiger partial charge in [0.2, 0.25) is 5.91 Å². The molecule has 0 spiro atoms. The number of nitrogens with one attached hydrogen (secondary N) is 2. The first kappa shape index (κ1) is 24.8. The Morgan fingerprint density at radius 3 is 2.22 bits per heavy atom. The van der Waals surface area contributed by atoms with Gasteiger partial charge in [-0.25, -0.2) is 4.79 Å². The number of methoxy groups -OCH3 is 2. The van der Waals surface area contributed by atoms with Crippen LogP contribution < -0.4 is 20.1 Å². The minimum Gasteiger partial charge on any atom is -0.493 e. The van der Waals surface area contributed by atoms with Gasteiger partial charge in [0.15, 0.2) is 11.5 Å². The second-order valence-corrected chi connectivity index (χ2v) is 8.74. The van der Waals surface area contributed by atoms with Crippen LogP contribution >= 0.6 is 0 Å². The van der Waals surface area contributed by atoms with Gasteiger partial charge in [-0.1, -0.05) is 66.7 Å². The van der Waals surface area contributed by atoms with E-state index in [0.717, 1.165) is 16.0 Å². The van der Waals surface area contributed by atoms with Crippen molar-refractivity contribution in [1.82, 2.24) is 15.5 Å². The molecule has 4 amide bonds. The number of hydrogen-bond acceptors (Lipinski definition) is 5. The van der Waals surface area contributed by atoms with Crippen LogP contribution in [0.1, 0.15) is 29.7 Å². The third-order valence-corrected chi connectivity index (χ3v) is 6.36. The molecule has 8 heteroatoms. The highest BCUT2D eigenvalue weighted by Gasteiger charge is 2.49. The van der Waals surface area contributed by atoms with Crippen molar-refractivity contribution in [2.45, 2.75) is 24.9 Å². The van der Waals surface area contributed by atoms with E-state index in [2.05, 4.69) is 10.6 Å². The van der Waals surface area contributed by atoms with Crippen LogP contribution in [-0.2, 0) is 21.5 Å². The summed E-state index contributed by atoms with van der Waals surface area (Å²) in [5.74, 6) is -0.0154. The van der Waals surface area contributed by atoms with Crippen molar-refractivity contribution in [3.05, 3.63) is 95.6 Å². The van der Waals surface area contributed by atoms with Crippen LogP contribution in [0.15, 0.2) is 78.9 Å². The Kier molecular flexibility index (Phi) is 7.24. The minimum absolute atomic E-state index is 0.320. The lowest BCUT2D eigenvalue weighted by Gasteiger charge is -2.24. The molecule has 1 aliphatic rings. The molecule has 4 rings (SSSR count). The van der Waals surface area contributed by atoms with Gasteiger partial charge in [0.25, 0.3) is 5.91 Å². The normalized spacial score (nSPS) is 17.9. The SMILES string of the molecule is COc1ccc(C2(C)NC(=O)N(CC(=O)NC(Cc3ccccc3)c3ccccc3)C2=O)cc1OC. The molecular weight excluding hydrogens is 458 g/mol. The maximum absolute atomic E-state index is 13.4. The predicted molar refractivity (Wildman–Crippen MR) is 135 cm³/mol. The van der Waals surface area contributed by atoms with Crippen LogP contribution in [0.25, 0.3) is 0 Å². The molecule has 2 N–H and O–H groups in total. The van der Waals surface area contributed by atoms with Gasteiger partial charge in [0.1, 0.15) is 12.1 Å². The summed E-state index contributed by atoms with van der Waals surface area (Å²) in [6.45, 7) is 1.21. The zero-order valence-corrected chi connectivity index (χ0v) is 20.5. The van der Waals surface area contributed by atoms with E-state index in [9.17, 15) is 14.4 Å². The first-order valence-corrected chi connectivity index (χ1v) is 11.6. The molecule has 3 aromatic rings. The highest BCUT2D eigenvalue weighted by Crippen LogP contribution is 2.35. The molecule has 186 valence electrons. The Bertz CT molecular complexity index is 1250. The molecule has 2 unspecified atom stereocenters. The van der Waals surface area contributed by atoms with E-state index < -0.39 is 29.9 Å². The van der Waals surface area contributed by atoms with Gasteiger partial charge >= 0.3 is 6.03 Å². The quantitative estimate of drug-likeness (QED) is 0.450. The molecule has 0 bridgehead atoms. The maximum atomic E-state index is 13.4. The molecule has 1 heterocycles. The van der Waals surface area contributed by atoms with Crippen LogP contribution in [0.3, 0.4) is 0 Å². The van der Waals surface area contributed by atoms with Gasteiger partial charge in [0, 0.05) is 0 Å². The first-order chi connectivity index (χ1) is 17.4. The van der Waals surface area contributed by atoms with Crippen molar-refractivity contribution in [2.75, 3.05) is 20.8 Å². The third kappa shape index (κ3) is 5.02. The Morgan fingerprint density at radius 2 is 1.58 bits per heavy atom. The van der Waals surface area contributed by atoms with Crippen molar-refractivity contribution in [1.29, 1.82) is 0 Å². The molecule has 2 atom stereocenters. The lowest BCUT2D eigenvalue weighted by Crippen LogP contribution is -2.44. The summed E-state index contributed by atoms with van der Waals surface area (Å²) < 4.78 is 10.6. The van der Waals surface area contributed by atoms with Gasteiger partial charge in [-0.2, -0.15) is 0 Å². The van der Waals surface area contributed by atoms with Gasteiger partial charge < -0.3 is 20.1 Å². The molecule has 3 aromatic carbocycles. The third-order valence-electron chi connectivity index (χ3n) is 6.36. The van der Waals surface area contributed by atoms with Gasteiger partial charge in [-0.15, -0.1) is 0 Å². The van der Waals surface area contributed by atoms with E-state index in [1.54, 1.807) is 25.1 Å². The number of carbonyl (C=O) groups excluding carboxylic acids is 3. The van der Waals surface area contributed by atoms with Crippen LogP contribution in [0.2, 0.25) is 0 Å². The van der Waals surface area contributed by atoms with Gasteiger partial charge in [-0.3, -0.25) is 14.5 Å². The largest absolute Gasteiger partial charge is 0.493 e. The number of nitrogens with zero attached hydrogens (tertiary/aromatic N) is 1. The topological polar surface area (TPSA) is 97.0 Å². The Hall–Kier alpha value is -4.33. The van der Waals surface area contributed by atoms with Crippen LogP contribution in [0, 0.1) is 0 Å². The Balaban J connectivity index is 1.51. The molecule has 0 radical (unpaired) electrons. The summed E-state index contributed by atoms with van der Waals surface area (Å²) >= 11 is 0. The van der Waals surface area contributed by atoms with Crippen LogP contribution in [0.4, 0.5) is 4.79 Å². The van der Waals surface area contributed by atoms with E-state index in [-0.39, 0.29) is 6.04 Å². The molecule has 36 heavy (non-hydrogen) atoms. The second kappa shape index (κ2) is 10.5. The average molecular weight is 488 g/mol. The van der Waals surface area contributed by atoms with E-state index in [1.807, 2.05) is 60.7 Å². The van der Waals surface area contributed by atoms with E-state index in [4.69, 9.17) is 9.47 Å². The van der Waals surface area contributed by atoms with Crippen LogP contribution in [-0.4, -0.2) is 43.5 Å². The molecule has 1 saturated heterocycles. The number of urea groups is 1. The summed E-state index contributed by atoms with van der Waals surface area (Å²) in [5.41, 5.74) is 1.16. The summed E-state index contributed by atoms with van der Waals surface area (Å²) in [7, 11) is 3.01. The Labute approximate surface area is 210 Å². The van der Waals surface area contributed by atoms with Crippen molar-refractivity contribution in [3.8, 4) is 11.5 Å². The fraction of sp³-hybridized carbons (Fsp3) is 0.250. The van der Waals surface area contributed by atoms with Crippen molar-refractivity contribution >= 4 is 17.8 Å². The molecule has 8 nitrogen and oxygen atoms in total. The fourth-order valence-electron chi connectivity index (χ4n) is 4.35. The number of amides is 4. The lowest BCUT2D eigenvalue weighted by atomic mass is 9.91. The number of hydrogen-bond donors (Lipinski definition) is 2. The number of rotatable bonds is 9. The highest BCUT2D eigenvalue weighted by atomic mass is 16.5. The summed E-state index contributed by atoms with van der Waals surface area (Å²) in [4.78, 5) is 40.2. The standard InChI is InChI=1S/C28H29N3O5/c1-28(21-14-15-23(35-2)24(17-21)36-3)26(33)31(27(34)30-28)18-25(32)29-22(20-12-8-5-9-13-20)16-19-10-6-4-7-11-19/h4-15,17,22H,16,18H2,1-3H3,(H,29,32)(H,30,34). The monoisotopic (exact) mass is 487 g/mol. The zero-order chi connectivity index (χ0) is 25.7. The van der Waals surface area contributed by atoms with Crippen molar-refractivity contribution in [2.24, 2.45) is 0 Å². The molecule has 0 saturated carbocycles. The van der Waals surface area contributed by atoms with Crippen LogP contribution in [0.5, 0.6) is 11.5 Å². The number of ether oxygens (including phenoxy) is 2. The fourth-order valence-corrected chi connectivity index (χ4v) is 4.35. The predicted octanol–water partition coefficient (Wildman–Crippen LogP) is 3.57. The van der Waals surface area contributed by atoms with E-state index in [1.165, 1.54) is 14.2 Å². The zero-order valence-electron chi connectivity index (χ0n) is 20.5. The van der Waals surface area contributed by atoms with Gasteiger partial charge in [-0.05, 0) is 42.2 Å². The molecule has 0 aliphatic carbocycles. The summed E-state index contributed by atoms with van der Waals surface area (Å²) in [5, 5.41) is 5.73. The Morgan fingerprint density at radius 1 is 0.944 bits per heavy atom. The first-order valence-electron chi connectivity index (χ1n) is 11.6. The molecule has 1 aliphatic heterocycles. The van der Waals surface area contributed by atoms with Crippen molar-refractivity contribution in [3.63, 3.8) is 0 Å². The summed E-state index contributed by atoms with van der Waals surface area (Å²) in [6, 6.07) is 23.5. The highest BCUT2D eigenvalue weighted by molar-refractivity contribution is 6.09.